The van der Waals surface area contributed by atoms with Crippen LogP contribution in [0.2, 0.25) is 0 Å². The van der Waals surface area contributed by atoms with Crippen LogP contribution in [-0.2, 0) is 61.5 Å². The maximum absolute atomic E-state index is 7.23. The van der Waals surface area contributed by atoms with Gasteiger partial charge >= 0.3 is 0 Å². The molecule has 1 aliphatic carbocycles. The second-order valence-corrected chi connectivity index (χ2v) is 14.9. The van der Waals surface area contributed by atoms with Gasteiger partial charge in [0.1, 0.15) is 18.3 Å². The van der Waals surface area contributed by atoms with E-state index in [0.717, 1.165) is 47.1 Å². The lowest BCUT2D eigenvalue weighted by Crippen LogP contribution is -2.56. The summed E-state index contributed by atoms with van der Waals surface area (Å²) in [6.45, 7) is 3.18. The molecule has 0 N–H and O–H groups in total. The third kappa shape index (κ3) is 11.7. The van der Waals surface area contributed by atoms with E-state index in [4.69, 9.17) is 28.4 Å². The SMILES string of the molecule is c1ccc(COC[C@@H](OCc2ccccc2)[C@H](OCc2ccccc2)[C@H](OCc2ccccc2)[C@@H](OCc2ccccc2)[C@H]2CCO[C@H]3CCCC[C@H]23)cc1. The van der Waals surface area contributed by atoms with Crippen LogP contribution in [0.3, 0.4) is 0 Å². The summed E-state index contributed by atoms with van der Waals surface area (Å²) in [5, 5.41) is 0. The lowest BCUT2D eigenvalue weighted by atomic mass is 9.71. The number of ether oxygens (including phenoxy) is 6. The van der Waals surface area contributed by atoms with E-state index < -0.39 is 18.3 Å². The van der Waals surface area contributed by atoms with E-state index in [9.17, 15) is 0 Å². The number of fused-ring (bicyclic) bond motifs is 1. The summed E-state index contributed by atoms with van der Waals surface area (Å²) in [6.07, 6.45) is 3.95. The van der Waals surface area contributed by atoms with Gasteiger partial charge in [0.2, 0.25) is 0 Å². The third-order valence-corrected chi connectivity index (χ3v) is 11.1. The Kier molecular flexibility index (Phi) is 15.1. The number of rotatable bonds is 20. The summed E-state index contributed by atoms with van der Waals surface area (Å²) >= 11 is 0. The molecular formula is C49H56O6. The molecule has 0 spiro atoms. The third-order valence-electron chi connectivity index (χ3n) is 11.1. The van der Waals surface area contributed by atoms with E-state index in [1.165, 1.54) is 12.8 Å². The molecule has 7 rings (SSSR count). The van der Waals surface area contributed by atoms with Gasteiger partial charge in [-0.15, -0.1) is 0 Å². The van der Waals surface area contributed by atoms with Crippen LogP contribution < -0.4 is 0 Å². The number of hydrogen-bond acceptors (Lipinski definition) is 6. The maximum Gasteiger partial charge on any atom is 0.115 e. The van der Waals surface area contributed by atoms with Crippen molar-refractivity contribution in [1.29, 1.82) is 0 Å². The fraction of sp³-hybridized carbons (Fsp3) is 0.388. The smallest absolute Gasteiger partial charge is 0.115 e. The summed E-state index contributed by atoms with van der Waals surface area (Å²) in [5.74, 6) is 0.588. The molecule has 0 bridgehead atoms. The molecule has 5 aromatic rings. The van der Waals surface area contributed by atoms with Crippen molar-refractivity contribution in [3.8, 4) is 0 Å². The van der Waals surface area contributed by atoms with Gasteiger partial charge in [-0.25, -0.2) is 0 Å². The van der Waals surface area contributed by atoms with E-state index in [1.54, 1.807) is 0 Å². The molecule has 55 heavy (non-hydrogen) atoms. The minimum absolute atomic E-state index is 0.214. The van der Waals surface area contributed by atoms with Gasteiger partial charge in [0.05, 0.1) is 51.8 Å². The molecule has 6 heteroatoms. The monoisotopic (exact) mass is 740 g/mol. The average molecular weight is 741 g/mol. The Balaban J connectivity index is 1.27. The maximum atomic E-state index is 7.23. The molecule has 5 aromatic carbocycles. The van der Waals surface area contributed by atoms with Crippen LogP contribution in [0, 0.1) is 11.8 Å². The highest BCUT2D eigenvalue weighted by Gasteiger charge is 2.47. The highest BCUT2D eigenvalue weighted by Crippen LogP contribution is 2.42. The van der Waals surface area contributed by atoms with Crippen molar-refractivity contribution in [2.45, 2.75) is 95.7 Å². The zero-order valence-electron chi connectivity index (χ0n) is 31.9. The largest absolute Gasteiger partial charge is 0.378 e. The Morgan fingerprint density at radius 2 is 0.891 bits per heavy atom. The predicted molar refractivity (Wildman–Crippen MR) is 216 cm³/mol. The molecule has 0 aromatic heterocycles. The first-order valence-corrected chi connectivity index (χ1v) is 20.2. The summed E-state index contributed by atoms with van der Waals surface area (Å²) < 4.78 is 41.6. The van der Waals surface area contributed by atoms with E-state index in [1.807, 2.05) is 48.5 Å². The first-order valence-electron chi connectivity index (χ1n) is 20.2. The normalized spacial score (nSPS) is 20.5. The molecule has 1 aliphatic heterocycles. The topological polar surface area (TPSA) is 55.4 Å². The molecule has 288 valence electrons. The van der Waals surface area contributed by atoms with Gasteiger partial charge in [0, 0.05) is 6.61 Å². The molecule has 7 atom stereocenters. The number of benzene rings is 5. The summed E-state index contributed by atoms with van der Waals surface area (Å²) in [4.78, 5) is 0. The molecule has 2 aliphatic rings. The zero-order valence-corrected chi connectivity index (χ0v) is 31.9. The van der Waals surface area contributed by atoms with Crippen LogP contribution in [0.25, 0.3) is 0 Å². The Bertz CT molecular complexity index is 1750. The highest BCUT2D eigenvalue weighted by molar-refractivity contribution is 5.17. The fourth-order valence-corrected chi connectivity index (χ4v) is 8.23. The van der Waals surface area contributed by atoms with Crippen molar-refractivity contribution in [3.05, 3.63) is 179 Å². The van der Waals surface area contributed by atoms with Crippen molar-refractivity contribution in [2.75, 3.05) is 13.2 Å². The Morgan fingerprint density at radius 1 is 0.455 bits per heavy atom. The molecule has 0 amide bonds. The van der Waals surface area contributed by atoms with E-state index >= 15 is 0 Å². The van der Waals surface area contributed by atoms with Crippen LogP contribution in [0.15, 0.2) is 152 Å². The highest BCUT2D eigenvalue weighted by atomic mass is 16.6. The van der Waals surface area contributed by atoms with Crippen molar-refractivity contribution >= 4 is 0 Å². The molecular weight excluding hydrogens is 685 g/mol. The Morgan fingerprint density at radius 3 is 1.42 bits per heavy atom. The van der Waals surface area contributed by atoms with Gasteiger partial charge < -0.3 is 28.4 Å². The van der Waals surface area contributed by atoms with Gasteiger partial charge in [0.15, 0.2) is 0 Å². The minimum Gasteiger partial charge on any atom is -0.378 e. The quantitative estimate of drug-likeness (QED) is 0.0792. The number of hydrogen-bond donors (Lipinski definition) is 0. The first kappa shape index (κ1) is 39.1. The van der Waals surface area contributed by atoms with Crippen LogP contribution in [0.1, 0.15) is 59.9 Å². The molecule has 1 saturated heterocycles. The van der Waals surface area contributed by atoms with Crippen molar-refractivity contribution < 1.29 is 28.4 Å². The van der Waals surface area contributed by atoms with Gasteiger partial charge in [-0.2, -0.15) is 0 Å². The first-order chi connectivity index (χ1) is 27.3. The van der Waals surface area contributed by atoms with Gasteiger partial charge in [-0.1, -0.05) is 165 Å². The van der Waals surface area contributed by atoms with E-state index in [2.05, 4.69) is 103 Å². The van der Waals surface area contributed by atoms with E-state index in [0.29, 0.717) is 52.2 Å². The molecule has 6 nitrogen and oxygen atoms in total. The molecule has 1 saturated carbocycles. The van der Waals surface area contributed by atoms with Crippen molar-refractivity contribution in [3.63, 3.8) is 0 Å². The van der Waals surface area contributed by atoms with Gasteiger partial charge in [-0.05, 0) is 58.9 Å². The van der Waals surface area contributed by atoms with Crippen molar-refractivity contribution in [1.82, 2.24) is 0 Å². The lowest BCUT2D eigenvalue weighted by molar-refractivity contribution is -0.223. The predicted octanol–water partition coefficient (Wildman–Crippen LogP) is 10.1. The van der Waals surface area contributed by atoms with Crippen LogP contribution in [0.4, 0.5) is 0 Å². The van der Waals surface area contributed by atoms with E-state index in [-0.39, 0.29) is 18.1 Å². The van der Waals surface area contributed by atoms with Crippen LogP contribution >= 0.6 is 0 Å². The zero-order chi connectivity index (χ0) is 37.3. The molecule has 1 heterocycles. The second-order valence-electron chi connectivity index (χ2n) is 14.9. The average Bonchev–Trinajstić information content (AvgIpc) is 3.26. The Hall–Kier alpha value is -4.14. The minimum atomic E-state index is -0.533. The summed E-state index contributed by atoms with van der Waals surface area (Å²) in [6, 6.07) is 51.9. The summed E-state index contributed by atoms with van der Waals surface area (Å²) in [7, 11) is 0. The second kappa shape index (κ2) is 21.2. The van der Waals surface area contributed by atoms with Gasteiger partial charge in [0.25, 0.3) is 0 Å². The molecule has 0 radical (unpaired) electrons. The molecule has 0 unspecified atom stereocenters. The standard InChI is InChI=1S/C49H56O6/c1-6-18-38(19-7-1)32-50-37-46(52-33-39-20-8-2-9-21-39)48(54-35-41-24-12-4-13-25-41)49(55-36-42-26-14-5-15-27-42)47(53-34-40-22-10-3-11-23-40)44-30-31-51-45-29-17-16-28-43(44)45/h1-15,18-27,43-49H,16-17,28-37H2/t43-,44+,45+,46-,47+,48+,49-/m1/s1. The van der Waals surface area contributed by atoms with Gasteiger partial charge in [-0.3, -0.25) is 0 Å². The lowest BCUT2D eigenvalue weighted by Gasteiger charge is -2.47. The summed E-state index contributed by atoms with van der Waals surface area (Å²) in [5.41, 5.74) is 5.51. The fourth-order valence-electron chi connectivity index (χ4n) is 8.23. The van der Waals surface area contributed by atoms with Crippen molar-refractivity contribution in [2.24, 2.45) is 11.8 Å². The van der Waals surface area contributed by atoms with Crippen LogP contribution in [-0.4, -0.2) is 43.7 Å². The Labute approximate surface area is 327 Å². The molecule has 2 fully saturated rings. The van der Waals surface area contributed by atoms with Crippen LogP contribution in [0.5, 0.6) is 0 Å².